The Bertz CT molecular complexity index is 1330. The molecule has 1 N–H and O–H groups in total. The molecule has 2 saturated heterocycles. The van der Waals surface area contributed by atoms with Crippen molar-refractivity contribution in [3.8, 4) is 22.9 Å². The first-order valence-electron chi connectivity index (χ1n) is 13.1. The number of piperazine rings is 1. The number of rotatable bonds is 6. The minimum Gasteiger partial charge on any atom is -0.492 e. The predicted molar refractivity (Wildman–Crippen MR) is 140 cm³/mol. The highest BCUT2D eigenvalue weighted by atomic mass is 19.4. The second-order valence-corrected chi connectivity index (χ2v) is 9.54. The first kappa shape index (κ1) is 29.1. The number of aliphatic carboxylic acids is 1. The Morgan fingerprint density at radius 2 is 1.90 bits per heavy atom. The molecule has 0 unspecified atom stereocenters. The van der Waals surface area contributed by atoms with E-state index in [1.807, 2.05) is 25.4 Å². The van der Waals surface area contributed by atoms with Gasteiger partial charge >= 0.3 is 12.1 Å². The number of ether oxygens (including phenoxy) is 2. The van der Waals surface area contributed by atoms with E-state index in [9.17, 15) is 18.4 Å². The van der Waals surface area contributed by atoms with E-state index in [0.717, 1.165) is 73.5 Å². The molecule has 2 fully saturated rings. The lowest BCUT2D eigenvalue weighted by Crippen LogP contribution is -2.48. The van der Waals surface area contributed by atoms with Crippen LogP contribution in [0.2, 0.25) is 0 Å². The summed E-state index contributed by atoms with van der Waals surface area (Å²) in [6, 6.07) is 8.37. The molecule has 0 atom stereocenters. The predicted octanol–water partition coefficient (Wildman–Crippen LogP) is 3.85. The number of hydrogen-bond acceptors (Lipinski definition) is 8. The summed E-state index contributed by atoms with van der Waals surface area (Å²) in [7, 11) is 0. The number of nitrogens with zero attached hydrogens (tertiary/aromatic N) is 6. The molecule has 0 radical (unpaired) electrons. The van der Waals surface area contributed by atoms with E-state index >= 15 is 0 Å². The van der Waals surface area contributed by atoms with Gasteiger partial charge in [0.2, 0.25) is 0 Å². The number of nitriles is 1. The molecule has 5 rings (SSSR count). The van der Waals surface area contributed by atoms with Crippen LogP contribution in [0, 0.1) is 17.2 Å². The van der Waals surface area contributed by atoms with Crippen LogP contribution in [-0.4, -0.2) is 89.3 Å². The number of aromatic nitrogens is 3. The van der Waals surface area contributed by atoms with Crippen LogP contribution in [0.3, 0.4) is 0 Å². The molecular formula is C27H31F3N6O4. The van der Waals surface area contributed by atoms with Gasteiger partial charge < -0.3 is 19.5 Å². The molecule has 0 aliphatic carbocycles. The summed E-state index contributed by atoms with van der Waals surface area (Å²) in [5.74, 6) is -0.269. The van der Waals surface area contributed by atoms with Gasteiger partial charge in [0.15, 0.2) is 0 Å². The van der Waals surface area contributed by atoms with Crippen molar-refractivity contribution < 1.29 is 32.5 Å². The van der Waals surface area contributed by atoms with E-state index in [4.69, 9.17) is 24.4 Å². The van der Waals surface area contributed by atoms with Crippen LogP contribution in [0.25, 0.3) is 16.6 Å². The van der Waals surface area contributed by atoms with E-state index in [0.29, 0.717) is 12.2 Å². The SMILES string of the molecule is CCOc1cc(-c2ccc(N3CCN(CC4CCOCC4)CC3)nc2)c2c(C#N)cnn2c1.O=C(O)C(F)(F)F. The maximum absolute atomic E-state index is 10.6. The fourth-order valence-electron chi connectivity index (χ4n) is 4.83. The quantitative estimate of drug-likeness (QED) is 0.480. The van der Waals surface area contributed by atoms with Crippen molar-refractivity contribution in [1.82, 2.24) is 19.5 Å². The summed E-state index contributed by atoms with van der Waals surface area (Å²) in [5, 5.41) is 21.0. The molecule has 214 valence electrons. The van der Waals surface area contributed by atoms with Crippen molar-refractivity contribution in [2.75, 3.05) is 57.4 Å². The molecule has 3 aromatic rings. The van der Waals surface area contributed by atoms with Gasteiger partial charge in [0.05, 0.1) is 30.1 Å². The highest BCUT2D eigenvalue weighted by molar-refractivity contribution is 5.85. The monoisotopic (exact) mass is 560 g/mol. The van der Waals surface area contributed by atoms with Crippen LogP contribution >= 0.6 is 0 Å². The van der Waals surface area contributed by atoms with E-state index in [1.54, 1.807) is 10.7 Å². The van der Waals surface area contributed by atoms with Crippen molar-refractivity contribution in [3.63, 3.8) is 0 Å². The van der Waals surface area contributed by atoms with E-state index in [2.05, 4.69) is 33.1 Å². The van der Waals surface area contributed by atoms with Gasteiger partial charge in [-0.1, -0.05) is 0 Å². The molecule has 13 heteroatoms. The highest BCUT2D eigenvalue weighted by Gasteiger charge is 2.38. The van der Waals surface area contributed by atoms with Crippen LogP contribution in [-0.2, 0) is 9.53 Å². The fourth-order valence-corrected chi connectivity index (χ4v) is 4.83. The number of alkyl halides is 3. The number of fused-ring (bicyclic) bond motifs is 1. The lowest BCUT2D eigenvalue weighted by Gasteiger charge is -2.37. The summed E-state index contributed by atoms with van der Waals surface area (Å²) >= 11 is 0. The van der Waals surface area contributed by atoms with Gasteiger partial charge in [0.1, 0.15) is 17.6 Å². The Hall–Kier alpha value is -3.89. The van der Waals surface area contributed by atoms with Crippen molar-refractivity contribution in [2.45, 2.75) is 25.9 Å². The van der Waals surface area contributed by atoms with Crippen molar-refractivity contribution in [1.29, 1.82) is 5.26 Å². The van der Waals surface area contributed by atoms with Crippen LogP contribution in [0.5, 0.6) is 5.75 Å². The fraction of sp³-hybridized carbons (Fsp3) is 0.481. The standard InChI is InChI=1S/C25H30N6O2.C2HF3O2/c1-2-33-22-13-23(25-21(14-26)16-28-31(25)18-22)20-3-4-24(27-15-20)30-9-7-29(8-10-30)17-19-5-11-32-12-6-19;3-2(4,5)1(6)7/h3-4,13,15-16,18-19H,2,5-12,17H2,1H3;(H,6,7). The normalized spacial score (nSPS) is 16.7. The number of anilines is 1. The molecule has 0 bridgehead atoms. The molecule has 0 spiro atoms. The summed E-state index contributed by atoms with van der Waals surface area (Å²) in [4.78, 5) is 18.6. The molecule has 5 heterocycles. The third kappa shape index (κ3) is 7.19. The van der Waals surface area contributed by atoms with E-state index in [1.165, 1.54) is 19.4 Å². The zero-order chi connectivity index (χ0) is 28.7. The molecular weight excluding hydrogens is 529 g/mol. The van der Waals surface area contributed by atoms with Crippen LogP contribution in [0.15, 0.2) is 36.8 Å². The number of pyridine rings is 2. The minimum atomic E-state index is -5.08. The molecule has 3 aromatic heterocycles. The second-order valence-electron chi connectivity index (χ2n) is 9.54. The first-order chi connectivity index (χ1) is 19.2. The third-order valence-corrected chi connectivity index (χ3v) is 6.87. The number of carbonyl (C=O) groups is 1. The molecule has 0 amide bonds. The topological polar surface area (TPSA) is 116 Å². The van der Waals surface area contributed by atoms with Crippen molar-refractivity contribution in [3.05, 3.63) is 42.4 Å². The maximum Gasteiger partial charge on any atom is 0.490 e. The number of hydrogen-bond donors (Lipinski definition) is 1. The largest absolute Gasteiger partial charge is 0.492 e. The first-order valence-corrected chi connectivity index (χ1v) is 13.1. The molecule has 2 aliphatic rings. The minimum absolute atomic E-state index is 0.540. The van der Waals surface area contributed by atoms with Crippen LogP contribution in [0.1, 0.15) is 25.3 Å². The summed E-state index contributed by atoms with van der Waals surface area (Å²) in [5.41, 5.74) is 3.16. The Balaban J connectivity index is 0.000000470. The van der Waals surface area contributed by atoms with Crippen LogP contribution < -0.4 is 9.64 Å². The molecule has 10 nitrogen and oxygen atoms in total. The summed E-state index contributed by atoms with van der Waals surface area (Å²) in [6.45, 7) is 9.64. The van der Waals surface area contributed by atoms with Gasteiger partial charge in [-0.3, -0.25) is 4.90 Å². The Morgan fingerprint density at radius 3 is 2.48 bits per heavy atom. The van der Waals surface area contributed by atoms with Crippen molar-refractivity contribution in [2.24, 2.45) is 5.92 Å². The average Bonchev–Trinajstić information content (AvgIpc) is 3.37. The summed E-state index contributed by atoms with van der Waals surface area (Å²) < 4.78 is 44.7. The number of halogens is 3. The molecule has 0 saturated carbocycles. The Kier molecular flexibility index (Phi) is 9.44. The maximum atomic E-state index is 10.6. The molecule has 2 aliphatic heterocycles. The zero-order valence-electron chi connectivity index (χ0n) is 22.1. The zero-order valence-corrected chi connectivity index (χ0v) is 22.1. The van der Waals surface area contributed by atoms with Gasteiger partial charge in [0, 0.05) is 63.3 Å². The van der Waals surface area contributed by atoms with Gasteiger partial charge in [-0.25, -0.2) is 14.3 Å². The second kappa shape index (κ2) is 13.0. The average molecular weight is 561 g/mol. The van der Waals surface area contributed by atoms with E-state index in [-0.39, 0.29) is 0 Å². The van der Waals surface area contributed by atoms with E-state index < -0.39 is 12.1 Å². The van der Waals surface area contributed by atoms with Crippen molar-refractivity contribution >= 4 is 17.3 Å². The number of carboxylic acids is 1. The van der Waals surface area contributed by atoms with Gasteiger partial charge in [-0.2, -0.15) is 23.5 Å². The Labute approximate surface area is 229 Å². The lowest BCUT2D eigenvalue weighted by molar-refractivity contribution is -0.192. The highest BCUT2D eigenvalue weighted by Crippen LogP contribution is 2.31. The molecule has 0 aromatic carbocycles. The lowest BCUT2D eigenvalue weighted by atomic mass is 9.99. The molecule has 40 heavy (non-hydrogen) atoms. The van der Waals surface area contributed by atoms with Gasteiger partial charge in [-0.15, -0.1) is 0 Å². The third-order valence-electron chi connectivity index (χ3n) is 6.87. The number of carboxylic acid groups (broad SMARTS) is 1. The van der Waals surface area contributed by atoms with Gasteiger partial charge in [-0.05, 0) is 43.9 Å². The summed E-state index contributed by atoms with van der Waals surface area (Å²) in [6.07, 6.45) is 2.58. The smallest absolute Gasteiger partial charge is 0.490 e. The van der Waals surface area contributed by atoms with Gasteiger partial charge in [0.25, 0.3) is 0 Å². The van der Waals surface area contributed by atoms with Crippen LogP contribution in [0.4, 0.5) is 19.0 Å². The Morgan fingerprint density at radius 1 is 1.20 bits per heavy atom.